The molecule has 2 aromatic carbocycles. The van der Waals surface area contributed by atoms with Crippen molar-refractivity contribution in [3.8, 4) is 17.6 Å². The fourth-order valence-electron chi connectivity index (χ4n) is 1.83. The maximum Gasteiger partial charge on any atom is 0.152 e. The molecule has 0 radical (unpaired) electrons. The van der Waals surface area contributed by atoms with Gasteiger partial charge in [0.05, 0.1) is 11.3 Å². The fraction of sp³-hybridized carbons (Fsp3) is 0.188. The van der Waals surface area contributed by atoms with E-state index in [1.54, 1.807) is 18.2 Å². The van der Waals surface area contributed by atoms with Crippen molar-refractivity contribution in [3.05, 3.63) is 47.5 Å². The highest BCUT2D eigenvalue weighted by Crippen LogP contribution is 2.32. The summed E-state index contributed by atoms with van der Waals surface area (Å²) in [4.78, 5) is 1.96. The van der Waals surface area contributed by atoms with Gasteiger partial charge in [-0.05, 0) is 36.8 Å². The number of nitriles is 1. The summed E-state index contributed by atoms with van der Waals surface area (Å²) in [5.74, 6) is 1.07. The number of rotatable bonds is 3. The molecule has 4 nitrogen and oxygen atoms in total. The fourth-order valence-corrected chi connectivity index (χ4v) is 1.83. The number of hydrogen-bond acceptors (Lipinski definition) is 4. The van der Waals surface area contributed by atoms with Crippen LogP contribution in [0, 0.1) is 18.3 Å². The Hall–Kier alpha value is -2.67. The Bertz CT molecular complexity index is 672. The van der Waals surface area contributed by atoms with Gasteiger partial charge in [-0.25, -0.2) is 0 Å². The summed E-state index contributed by atoms with van der Waals surface area (Å²) < 4.78 is 5.80. The van der Waals surface area contributed by atoms with E-state index in [9.17, 15) is 0 Å². The molecule has 102 valence electrons. The van der Waals surface area contributed by atoms with Crippen LogP contribution < -0.4 is 15.4 Å². The van der Waals surface area contributed by atoms with Gasteiger partial charge in [-0.3, -0.25) is 0 Å². The largest absolute Gasteiger partial charge is 0.454 e. The van der Waals surface area contributed by atoms with E-state index in [1.165, 1.54) is 0 Å². The number of ether oxygens (including phenoxy) is 1. The molecule has 0 aliphatic rings. The molecule has 0 heterocycles. The first kappa shape index (κ1) is 13.8. The number of benzene rings is 2. The number of anilines is 2. The lowest BCUT2D eigenvalue weighted by atomic mass is 10.1. The van der Waals surface area contributed by atoms with Gasteiger partial charge in [-0.2, -0.15) is 5.26 Å². The van der Waals surface area contributed by atoms with Crippen LogP contribution in [0.3, 0.4) is 0 Å². The molecule has 0 unspecified atom stereocenters. The first-order valence-electron chi connectivity index (χ1n) is 6.26. The molecule has 0 aromatic heterocycles. The second kappa shape index (κ2) is 5.54. The van der Waals surface area contributed by atoms with Crippen LogP contribution in [0.1, 0.15) is 11.1 Å². The van der Waals surface area contributed by atoms with Crippen molar-refractivity contribution < 1.29 is 4.74 Å². The summed E-state index contributed by atoms with van der Waals surface area (Å²) in [5, 5.41) is 9.16. The van der Waals surface area contributed by atoms with Crippen molar-refractivity contribution in [2.45, 2.75) is 6.92 Å². The Balaban J connectivity index is 2.40. The molecule has 0 fully saturated rings. The molecule has 0 aliphatic heterocycles. The second-order valence-corrected chi connectivity index (χ2v) is 4.83. The highest BCUT2D eigenvalue weighted by molar-refractivity contribution is 5.63. The van der Waals surface area contributed by atoms with Gasteiger partial charge in [-0.1, -0.05) is 6.07 Å². The van der Waals surface area contributed by atoms with Crippen LogP contribution in [0.5, 0.6) is 11.5 Å². The van der Waals surface area contributed by atoms with Crippen LogP contribution in [-0.2, 0) is 0 Å². The zero-order valence-corrected chi connectivity index (χ0v) is 11.8. The molecule has 2 aromatic rings. The second-order valence-electron chi connectivity index (χ2n) is 4.83. The lowest BCUT2D eigenvalue weighted by molar-refractivity contribution is 0.483. The van der Waals surface area contributed by atoms with Crippen LogP contribution >= 0.6 is 0 Å². The quantitative estimate of drug-likeness (QED) is 0.867. The summed E-state index contributed by atoms with van der Waals surface area (Å²) in [7, 11) is 3.89. The molecule has 0 amide bonds. The third kappa shape index (κ3) is 2.83. The molecular weight excluding hydrogens is 250 g/mol. The smallest absolute Gasteiger partial charge is 0.152 e. The molecule has 0 atom stereocenters. The number of hydrogen-bond donors (Lipinski definition) is 1. The Morgan fingerprint density at radius 1 is 1.10 bits per heavy atom. The van der Waals surface area contributed by atoms with Crippen LogP contribution in [0.15, 0.2) is 36.4 Å². The lowest BCUT2D eigenvalue weighted by Crippen LogP contribution is -2.08. The molecule has 0 spiro atoms. The third-order valence-electron chi connectivity index (χ3n) is 2.99. The molecule has 20 heavy (non-hydrogen) atoms. The summed E-state index contributed by atoms with van der Waals surface area (Å²) in [6.07, 6.45) is 0. The zero-order chi connectivity index (χ0) is 14.7. The average molecular weight is 267 g/mol. The van der Waals surface area contributed by atoms with E-state index in [0.717, 1.165) is 11.3 Å². The Morgan fingerprint density at radius 2 is 1.85 bits per heavy atom. The van der Waals surface area contributed by atoms with Gasteiger partial charge < -0.3 is 15.4 Å². The Morgan fingerprint density at radius 3 is 2.50 bits per heavy atom. The standard InChI is InChI=1S/C16H17N3O/c1-11-4-7-15(12(8-11)10-17)20-16-9-13(19(2)3)5-6-14(16)18/h4-9H,18H2,1-3H3. The summed E-state index contributed by atoms with van der Waals surface area (Å²) in [5.41, 5.74) is 8.98. The number of aryl methyl sites for hydroxylation is 1. The predicted octanol–water partition coefficient (Wildman–Crippen LogP) is 3.31. The monoisotopic (exact) mass is 267 g/mol. The highest BCUT2D eigenvalue weighted by Gasteiger charge is 2.09. The van der Waals surface area contributed by atoms with Gasteiger partial charge in [-0.15, -0.1) is 0 Å². The summed E-state index contributed by atoms with van der Waals surface area (Å²) >= 11 is 0. The van der Waals surface area contributed by atoms with Crippen LogP contribution in [0.2, 0.25) is 0 Å². The minimum absolute atomic E-state index is 0.500. The number of nitrogen functional groups attached to an aromatic ring is 1. The maximum atomic E-state index is 9.16. The Kier molecular flexibility index (Phi) is 3.81. The van der Waals surface area contributed by atoms with E-state index in [0.29, 0.717) is 22.7 Å². The van der Waals surface area contributed by atoms with Gasteiger partial charge in [0.25, 0.3) is 0 Å². The van der Waals surface area contributed by atoms with Gasteiger partial charge in [0, 0.05) is 25.8 Å². The van der Waals surface area contributed by atoms with Gasteiger partial charge in [0.2, 0.25) is 0 Å². The predicted molar refractivity (Wildman–Crippen MR) is 81.1 cm³/mol. The number of nitrogens with zero attached hydrogens (tertiary/aromatic N) is 2. The van der Waals surface area contributed by atoms with Crippen LogP contribution in [0.25, 0.3) is 0 Å². The van der Waals surface area contributed by atoms with Crippen molar-refractivity contribution >= 4 is 11.4 Å². The minimum atomic E-state index is 0.500. The first-order valence-corrected chi connectivity index (χ1v) is 6.26. The van der Waals surface area contributed by atoms with Crippen molar-refractivity contribution in [1.82, 2.24) is 0 Å². The highest BCUT2D eigenvalue weighted by atomic mass is 16.5. The van der Waals surface area contributed by atoms with Crippen molar-refractivity contribution in [1.29, 1.82) is 5.26 Å². The average Bonchev–Trinajstić information content (AvgIpc) is 2.42. The lowest BCUT2D eigenvalue weighted by Gasteiger charge is -2.16. The molecule has 2 N–H and O–H groups in total. The van der Waals surface area contributed by atoms with E-state index in [4.69, 9.17) is 15.7 Å². The van der Waals surface area contributed by atoms with Crippen molar-refractivity contribution in [2.24, 2.45) is 0 Å². The first-order chi connectivity index (χ1) is 9.51. The molecule has 0 saturated heterocycles. The van der Waals surface area contributed by atoms with Gasteiger partial charge >= 0.3 is 0 Å². The van der Waals surface area contributed by atoms with E-state index in [1.807, 2.05) is 44.1 Å². The van der Waals surface area contributed by atoms with Gasteiger partial charge in [0.15, 0.2) is 5.75 Å². The topological polar surface area (TPSA) is 62.3 Å². The molecular formula is C16H17N3O. The molecule has 0 aliphatic carbocycles. The van der Waals surface area contributed by atoms with E-state index >= 15 is 0 Å². The van der Waals surface area contributed by atoms with Crippen molar-refractivity contribution in [2.75, 3.05) is 24.7 Å². The van der Waals surface area contributed by atoms with Crippen molar-refractivity contribution in [3.63, 3.8) is 0 Å². The SMILES string of the molecule is Cc1ccc(Oc2cc(N(C)C)ccc2N)c(C#N)c1. The van der Waals surface area contributed by atoms with Crippen LogP contribution in [-0.4, -0.2) is 14.1 Å². The molecule has 2 rings (SSSR count). The Labute approximate surface area is 119 Å². The van der Waals surface area contributed by atoms with E-state index in [-0.39, 0.29) is 0 Å². The molecule has 4 heteroatoms. The van der Waals surface area contributed by atoms with Crippen LogP contribution in [0.4, 0.5) is 11.4 Å². The zero-order valence-electron chi connectivity index (χ0n) is 11.8. The molecule has 0 saturated carbocycles. The van der Waals surface area contributed by atoms with E-state index in [2.05, 4.69) is 6.07 Å². The normalized spacial score (nSPS) is 9.90. The maximum absolute atomic E-state index is 9.16. The van der Waals surface area contributed by atoms with Gasteiger partial charge in [0.1, 0.15) is 11.8 Å². The summed E-state index contributed by atoms with van der Waals surface area (Å²) in [6.45, 7) is 1.94. The summed E-state index contributed by atoms with van der Waals surface area (Å²) in [6, 6.07) is 13.2. The third-order valence-corrected chi connectivity index (χ3v) is 2.99. The molecule has 0 bridgehead atoms. The number of nitrogens with two attached hydrogens (primary N) is 1. The minimum Gasteiger partial charge on any atom is -0.454 e. The van der Waals surface area contributed by atoms with E-state index < -0.39 is 0 Å².